The molecule has 2 atom stereocenters. The van der Waals surface area contributed by atoms with E-state index in [1.165, 1.54) is 23.9 Å². The highest BCUT2D eigenvalue weighted by Crippen LogP contribution is 2.36. The van der Waals surface area contributed by atoms with Gasteiger partial charge in [0.15, 0.2) is 0 Å². The van der Waals surface area contributed by atoms with Crippen LogP contribution in [0.1, 0.15) is 18.0 Å². The molecule has 158 valence electrons. The third-order valence-electron chi connectivity index (χ3n) is 5.31. The van der Waals surface area contributed by atoms with Crippen LogP contribution in [-0.4, -0.2) is 54.8 Å². The number of hydrogen-bond acceptors (Lipinski definition) is 5. The summed E-state index contributed by atoms with van der Waals surface area (Å²) in [6.45, 7) is 3.14. The standard InChI is InChI=1S/C22H24FN3O3S/c23-16-7-5-15(6-8-16)18(26-9-11-29-12-10-26)14-24-21(27)13-20-22(28)25-17-3-1-2-4-19(17)30-20/h1-8,18,20H,9-14H2,(H,24,27)(H,25,28)/t18-,20+/m0/s1. The van der Waals surface area contributed by atoms with Gasteiger partial charge in [-0.3, -0.25) is 14.5 Å². The van der Waals surface area contributed by atoms with E-state index in [2.05, 4.69) is 15.5 Å². The highest BCUT2D eigenvalue weighted by atomic mass is 32.2. The molecule has 6 nitrogen and oxygen atoms in total. The van der Waals surface area contributed by atoms with Gasteiger partial charge in [-0.05, 0) is 29.8 Å². The Bertz CT molecular complexity index is 903. The Morgan fingerprint density at radius 2 is 1.93 bits per heavy atom. The third-order valence-corrected chi connectivity index (χ3v) is 6.59. The SMILES string of the molecule is O=C(C[C@H]1Sc2ccccc2NC1=O)NC[C@@H](c1ccc(F)cc1)N1CCOCC1. The zero-order valence-corrected chi connectivity index (χ0v) is 17.3. The van der Waals surface area contributed by atoms with Gasteiger partial charge in [-0.1, -0.05) is 24.3 Å². The zero-order valence-electron chi connectivity index (χ0n) is 16.5. The van der Waals surface area contributed by atoms with E-state index in [0.29, 0.717) is 19.8 Å². The summed E-state index contributed by atoms with van der Waals surface area (Å²) in [5, 5.41) is 5.38. The molecule has 0 aliphatic carbocycles. The van der Waals surface area contributed by atoms with Crippen molar-refractivity contribution in [1.82, 2.24) is 10.2 Å². The fourth-order valence-corrected chi connectivity index (χ4v) is 4.82. The molecule has 0 aromatic heterocycles. The highest BCUT2D eigenvalue weighted by Gasteiger charge is 2.29. The number of carbonyl (C=O) groups excluding carboxylic acids is 2. The first-order valence-corrected chi connectivity index (χ1v) is 10.9. The second-order valence-corrected chi connectivity index (χ2v) is 8.56. The highest BCUT2D eigenvalue weighted by molar-refractivity contribution is 8.01. The van der Waals surface area contributed by atoms with Crippen molar-refractivity contribution in [2.75, 3.05) is 38.2 Å². The number of fused-ring (bicyclic) bond motifs is 1. The summed E-state index contributed by atoms with van der Waals surface area (Å²) >= 11 is 1.41. The van der Waals surface area contributed by atoms with Gasteiger partial charge in [0.1, 0.15) is 5.82 Å². The molecule has 2 aliphatic heterocycles. The van der Waals surface area contributed by atoms with Gasteiger partial charge in [0.25, 0.3) is 0 Å². The Morgan fingerprint density at radius 3 is 2.70 bits per heavy atom. The second-order valence-electron chi connectivity index (χ2n) is 7.32. The predicted octanol–water partition coefficient (Wildman–Crippen LogP) is 2.82. The summed E-state index contributed by atoms with van der Waals surface area (Å²) < 4.78 is 18.8. The quantitative estimate of drug-likeness (QED) is 0.739. The van der Waals surface area contributed by atoms with Gasteiger partial charge in [-0.25, -0.2) is 4.39 Å². The van der Waals surface area contributed by atoms with Crippen LogP contribution < -0.4 is 10.6 Å². The van der Waals surface area contributed by atoms with E-state index in [9.17, 15) is 14.0 Å². The number of nitrogens with zero attached hydrogens (tertiary/aromatic N) is 1. The van der Waals surface area contributed by atoms with Crippen molar-refractivity contribution in [3.63, 3.8) is 0 Å². The fraction of sp³-hybridized carbons (Fsp3) is 0.364. The van der Waals surface area contributed by atoms with E-state index in [0.717, 1.165) is 29.2 Å². The molecule has 2 N–H and O–H groups in total. The minimum absolute atomic E-state index is 0.0768. The summed E-state index contributed by atoms with van der Waals surface area (Å²) in [7, 11) is 0. The lowest BCUT2D eigenvalue weighted by atomic mass is 10.0. The van der Waals surface area contributed by atoms with Crippen LogP contribution in [0.25, 0.3) is 0 Å². The van der Waals surface area contributed by atoms with Crippen LogP contribution in [0.5, 0.6) is 0 Å². The van der Waals surface area contributed by atoms with Gasteiger partial charge in [-0.2, -0.15) is 0 Å². The number of anilines is 1. The van der Waals surface area contributed by atoms with E-state index in [-0.39, 0.29) is 30.1 Å². The van der Waals surface area contributed by atoms with Crippen LogP contribution in [0, 0.1) is 5.82 Å². The summed E-state index contributed by atoms with van der Waals surface area (Å²) in [4.78, 5) is 28.2. The Labute approximate surface area is 179 Å². The van der Waals surface area contributed by atoms with Crippen LogP contribution >= 0.6 is 11.8 Å². The van der Waals surface area contributed by atoms with Crippen LogP contribution in [0.4, 0.5) is 10.1 Å². The van der Waals surface area contributed by atoms with E-state index in [4.69, 9.17) is 4.74 Å². The summed E-state index contributed by atoms with van der Waals surface area (Å²) in [6, 6.07) is 13.9. The first-order valence-electron chi connectivity index (χ1n) is 10.0. The molecule has 0 unspecified atom stereocenters. The molecule has 30 heavy (non-hydrogen) atoms. The molecule has 1 saturated heterocycles. The molecule has 8 heteroatoms. The van der Waals surface area contributed by atoms with Crippen molar-refractivity contribution < 1.29 is 18.7 Å². The zero-order chi connectivity index (χ0) is 20.9. The van der Waals surface area contributed by atoms with Crippen LogP contribution in [-0.2, 0) is 14.3 Å². The number of nitrogens with one attached hydrogen (secondary N) is 2. The largest absolute Gasteiger partial charge is 0.379 e. The maximum Gasteiger partial charge on any atom is 0.238 e. The smallest absolute Gasteiger partial charge is 0.238 e. The summed E-state index contributed by atoms with van der Waals surface area (Å²) in [5.41, 5.74) is 1.73. The number of carbonyl (C=O) groups is 2. The number of amides is 2. The van der Waals surface area contributed by atoms with Gasteiger partial charge in [0.2, 0.25) is 11.8 Å². The number of ether oxygens (including phenoxy) is 1. The van der Waals surface area contributed by atoms with E-state index >= 15 is 0 Å². The Morgan fingerprint density at radius 1 is 1.20 bits per heavy atom. The first-order chi connectivity index (χ1) is 14.6. The molecular weight excluding hydrogens is 405 g/mol. The average Bonchev–Trinajstić information content (AvgIpc) is 2.76. The van der Waals surface area contributed by atoms with Crippen LogP contribution in [0.15, 0.2) is 53.4 Å². The molecule has 2 aliphatic rings. The van der Waals surface area contributed by atoms with Crippen LogP contribution in [0.2, 0.25) is 0 Å². The number of thioether (sulfide) groups is 1. The monoisotopic (exact) mass is 429 g/mol. The van der Waals surface area contributed by atoms with Gasteiger partial charge in [0, 0.05) is 31.0 Å². The molecule has 0 saturated carbocycles. The molecule has 2 amide bonds. The Balaban J connectivity index is 1.39. The predicted molar refractivity (Wildman–Crippen MR) is 114 cm³/mol. The molecular formula is C22H24FN3O3S. The van der Waals surface area contributed by atoms with Crippen molar-refractivity contribution in [3.8, 4) is 0 Å². The Kier molecular flexibility index (Phi) is 6.66. The third kappa shape index (κ3) is 5.00. The van der Waals surface area contributed by atoms with Crippen molar-refractivity contribution in [3.05, 3.63) is 59.9 Å². The van der Waals surface area contributed by atoms with Gasteiger partial charge in [-0.15, -0.1) is 11.8 Å². The molecule has 1 fully saturated rings. The minimum Gasteiger partial charge on any atom is -0.379 e. The van der Waals surface area contributed by atoms with Crippen molar-refractivity contribution >= 4 is 29.3 Å². The van der Waals surface area contributed by atoms with Crippen molar-refractivity contribution in [2.45, 2.75) is 22.6 Å². The number of morpholine rings is 1. The summed E-state index contributed by atoms with van der Waals surface area (Å²) in [5.74, 6) is -0.622. The first kappa shape index (κ1) is 20.8. The topological polar surface area (TPSA) is 70.7 Å². The number of benzene rings is 2. The summed E-state index contributed by atoms with van der Waals surface area (Å²) in [6.07, 6.45) is 0.101. The van der Waals surface area contributed by atoms with E-state index in [1.54, 1.807) is 12.1 Å². The molecule has 2 aromatic rings. The van der Waals surface area contributed by atoms with Crippen LogP contribution in [0.3, 0.4) is 0 Å². The number of rotatable bonds is 6. The maximum atomic E-state index is 13.4. The van der Waals surface area contributed by atoms with Crippen molar-refractivity contribution in [1.29, 1.82) is 0 Å². The molecule has 2 heterocycles. The molecule has 4 rings (SSSR count). The number of halogens is 1. The van der Waals surface area contributed by atoms with Gasteiger partial charge < -0.3 is 15.4 Å². The lowest BCUT2D eigenvalue weighted by Crippen LogP contribution is -2.44. The fourth-order valence-electron chi connectivity index (χ4n) is 3.71. The molecule has 0 spiro atoms. The number of hydrogen-bond donors (Lipinski definition) is 2. The van der Waals surface area contributed by atoms with E-state index < -0.39 is 5.25 Å². The van der Waals surface area contributed by atoms with Crippen molar-refractivity contribution in [2.24, 2.45) is 0 Å². The normalized spacial score (nSPS) is 20.2. The average molecular weight is 430 g/mol. The number of para-hydroxylation sites is 1. The van der Waals surface area contributed by atoms with Gasteiger partial charge in [0.05, 0.1) is 30.2 Å². The minimum atomic E-state index is -0.465. The van der Waals surface area contributed by atoms with E-state index in [1.807, 2.05) is 24.3 Å². The second kappa shape index (κ2) is 9.59. The molecule has 0 bridgehead atoms. The Hall–Kier alpha value is -2.42. The molecule has 2 aromatic carbocycles. The maximum absolute atomic E-state index is 13.4. The van der Waals surface area contributed by atoms with Gasteiger partial charge >= 0.3 is 0 Å². The lowest BCUT2D eigenvalue weighted by molar-refractivity contribution is -0.124. The lowest BCUT2D eigenvalue weighted by Gasteiger charge is -2.35. The molecule has 0 radical (unpaired) electrons.